The lowest BCUT2D eigenvalue weighted by atomic mass is 9.94. The van der Waals surface area contributed by atoms with Crippen molar-refractivity contribution in [1.82, 2.24) is 20.1 Å². The van der Waals surface area contributed by atoms with Crippen molar-refractivity contribution in [3.63, 3.8) is 0 Å². The first-order chi connectivity index (χ1) is 16.6. The molecule has 0 aliphatic carbocycles. The van der Waals surface area contributed by atoms with Crippen molar-refractivity contribution in [3.05, 3.63) is 95.6 Å². The number of anilines is 1. The molecular weight excluding hydrogens is 442 g/mol. The molecule has 0 saturated carbocycles. The average Bonchev–Trinajstić information content (AvgIpc) is 3.59. The van der Waals surface area contributed by atoms with Gasteiger partial charge in [-0.2, -0.15) is 5.10 Å². The van der Waals surface area contributed by atoms with E-state index in [1.165, 1.54) is 0 Å². The number of aromatic nitrogens is 3. The fourth-order valence-electron chi connectivity index (χ4n) is 4.59. The average molecular weight is 464 g/mol. The normalized spacial score (nSPS) is 12.9. The third-order valence-corrected chi connectivity index (χ3v) is 7.17. The molecule has 4 heterocycles. The molecule has 1 amide bonds. The second kappa shape index (κ2) is 7.97. The van der Waals surface area contributed by atoms with E-state index in [0.29, 0.717) is 24.3 Å². The lowest BCUT2D eigenvalue weighted by Crippen LogP contribution is -2.25. The van der Waals surface area contributed by atoms with Crippen molar-refractivity contribution < 1.29 is 4.79 Å². The van der Waals surface area contributed by atoms with E-state index in [1.807, 2.05) is 41.8 Å². The molecule has 0 saturated heterocycles. The minimum Gasteiger partial charge on any atom is -0.398 e. The van der Waals surface area contributed by atoms with Crippen molar-refractivity contribution in [2.75, 3.05) is 12.3 Å². The summed E-state index contributed by atoms with van der Waals surface area (Å²) in [7, 11) is 0. The standard InChI is InChI=1S/C27H21N5OS/c1-16(17-8-10-29-11-9-17)14-32-15-21-19(5-6-22(28)25(21)27(32)33)18-4-7-23-20(13-18)26(31-30-23)24-3-2-12-34-24/h2-13H,1,14-15,28H2,(H,30,31). The number of nitrogens with two attached hydrogens (primary N) is 1. The number of carbonyl (C=O) groups is 1. The number of nitrogen functional groups attached to an aromatic ring is 1. The van der Waals surface area contributed by atoms with Crippen molar-refractivity contribution >= 4 is 39.4 Å². The Morgan fingerprint density at radius 2 is 2.00 bits per heavy atom. The number of hydrogen-bond donors (Lipinski definition) is 2. The summed E-state index contributed by atoms with van der Waals surface area (Å²) in [6.45, 7) is 5.10. The van der Waals surface area contributed by atoms with Gasteiger partial charge in [0.2, 0.25) is 0 Å². The van der Waals surface area contributed by atoms with Crippen LogP contribution in [-0.2, 0) is 6.54 Å². The minimum atomic E-state index is -0.0618. The predicted octanol–water partition coefficient (Wildman–Crippen LogP) is 5.60. The highest BCUT2D eigenvalue weighted by Gasteiger charge is 2.32. The zero-order chi connectivity index (χ0) is 23.2. The Labute approximate surface area is 200 Å². The summed E-state index contributed by atoms with van der Waals surface area (Å²) in [5.41, 5.74) is 14.1. The van der Waals surface area contributed by atoms with Gasteiger partial charge in [-0.3, -0.25) is 14.9 Å². The Kier molecular flexibility index (Phi) is 4.78. The molecule has 7 heteroatoms. The van der Waals surface area contributed by atoms with Crippen LogP contribution in [-0.4, -0.2) is 32.5 Å². The Bertz CT molecular complexity index is 1550. The van der Waals surface area contributed by atoms with Gasteiger partial charge in [0, 0.05) is 36.6 Å². The Balaban J connectivity index is 1.39. The van der Waals surface area contributed by atoms with E-state index in [9.17, 15) is 4.79 Å². The summed E-state index contributed by atoms with van der Waals surface area (Å²) in [5, 5.41) is 10.8. The first-order valence-electron chi connectivity index (χ1n) is 10.9. The molecule has 0 fully saturated rings. The third-order valence-electron chi connectivity index (χ3n) is 6.29. The number of thiophene rings is 1. The van der Waals surface area contributed by atoms with Gasteiger partial charge < -0.3 is 10.6 Å². The van der Waals surface area contributed by atoms with Crippen LogP contribution in [0.15, 0.2) is 78.9 Å². The van der Waals surface area contributed by atoms with Crippen molar-refractivity contribution in [3.8, 4) is 21.7 Å². The zero-order valence-corrected chi connectivity index (χ0v) is 19.1. The van der Waals surface area contributed by atoms with Gasteiger partial charge in [-0.1, -0.05) is 24.8 Å². The molecule has 6 rings (SSSR count). The number of H-pyrrole nitrogens is 1. The Morgan fingerprint density at radius 3 is 2.79 bits per heavy atom. The maximum atomic E-state index is 13.3. The number of amides is 1. The molecule has 0 bridgehead atoms. The third kappa shape index (κ3) is 3.29. The monoisotopic (exact) mass is 463 g/mol. The number of carbonyl (C=O) groups excluding carboxylic acids is 1. The van der Waals surface area contributed by atoms with E-state index in [0.717, 1.165) is 49.3 Å². The molecule has 6 nitrogen and oxygen atoms in total. The number of hydrogen-bond acceptors (Lipinski definition) is 5. The number of nitrogens with zero attached hydrogens (tertiary/aromatic N) is 3. The summed E-state index contributed by atoms with van der Waals surface area (Å²) in [4.78, 5) is 20.3. The quantitative estimate of drug-likeness (QED) is 0.332. The molecule has 0 spiro atoms. The molecule has 166 valence electrons. The Morgan fingerprint density at radius 1 is 1.15 bits per heavy atom. The fraction of sp³-hybridized carbons (Fsp3) is 0.0741. The summed E-state index contributed by atoms with van der Waals surface area (Å²) < 4.78 is 0. The fourth-order valence-corrected chi connectivity index (χ4v) is 5.32. The van der Waals surface area contributed by atoms with E-state index in [1.54, 1.807) is 28.6 Å². The number of fused-ring (bicyclic) bond motifs is 2. The van der Waals surface area contributed by atoms with Gasteiger partial charge in [-0.05, 0) is 69.6 Å². The van der Waals surface area contributed by atoms with Crippen LogP contribution in [0.2, 0.25) is 0 Å². The molecule has 3 N–H and O–H groups in total. The van der Waals surface area contributed by atoms with Crippen LogP contribution in [0.3, 0.4) is 0 Å². The molecule has 0 atom stereocenters. The van der Waals surface area contributed by atoms with E-state index < -0.39 is 0 Å². The van der Waals surface area contributed by atoms with Gasteiger partial charge in [0.25, 0.3) is 5.91 Å². The van der Waals surface area contributed by atoms with Crippen molar-refractivity contribution in [1.29, 1.82) is 0 Å². The van der Waals surface area contributed by atoms with Gasteiger partial charge in [-0.25, -0.2) is 0 Å². The van der Waals surface area contributed by atoms with Crippen LogP contribution < -0.4 is 5.73 Å². The predicted molar refractivity (Wildman–Crippen MR) is 137 cm³/mol. The summed E-state index contributed by atoms with van der Waals surface area (Å²) in [6, 6.07) is 18.0. The second-order valence-electron chi connectivity index (χ2n) is 8.37. The smallest absolute Gasteiger partial charge is 0.256 e. The number of rotatable bonds is 5. The highest BCUT2D eigenvalue weighted by molar-refractivity contribution is 7.13. The SMILES string of the molecule is C=C(CN1Cc2c(-c3ccc4[nH]nc(-c5cccs5)c4c3)ccc(N)c2C1=O)c1ccncc1. The van der Waals surface area contributed by atoms with E-state index in [2.05, 4.69) is 40.0 Å². The maximum absolute atomic E-state index is 13.3. The van der Waals surface area contributed by atoms with Crippen LogP contribution in [0.1, 0.15) is 21.5 Å². The van der Waals surface area contributed by atoms with E-state index in [-0.39, 0.29) is 5.91 Å². The van der Waals surface area contributed by atoms with Crippen LogP contribution in [0.4, 0.5) is 5.69 Å². The molecule has 1 aliphatic heterocycles. The van der Waals surface area contributed by atoms with Crippen LogP contribution >= 0.6 is 11.3 Å². The largest absolute Gasteiger partial charge is 0.398 e. The van der Waals surface area contributed by atoms with Crippen LogP contribution in [0.25, 0.3) is 38.2 Å². The first-order valence-corrected chi connectivity index (χ1v) is 11.8. The van der Waals surface area contributed by atoms with Gasteiger partial charge in [-0.15, -0.1) is 11.3 Å². The second-order valence-corrected chi connectivity index (χ2v) is 9.31. The van der Waals surface area contributed by atoms with E-state index in [4.69, 9.17) is 5.73 Å². The van der Waals surface area contributed by atoms with Gasteiger partial charge in [0.05, 0.1) is 16.0 Å². The summed E-state index contributed by atoms with van der Waals surface area (Å²) in [6.07, 6.45) is 3.46. The van der Waals surface area contributed by atoms with Crippen LogP contribution in [0, 0.1) is 0 Å². The number of aromatic amines is 1. The molecule has 34 heavy (non-hydrogen) atoms. The Hall–Kier alpha value is -4.23. The molecular formula is C27H21N5OS. The molecule has 1 aliphatic rings. The van der Waals surface area contributed by atoms with Gasteiger partial charge >= 0.3 is 0 Å². The topological polar surface area (TPSA) is 87.9 Å². The van der Waals surface area contributed by atoms with E-state index >= 15 is 0 Å². The van der Waals surface area contributed by atoms with Crippen molar-refractivity contribution in [2.24, 2.45) is 0 Å². The summed E-state index contributed by atoms with van der Waals surface area (Å²) in [5.74, 6) is -0.0618. The minimum absolute atomic E-state index is 0.0618. The maximum Gasteiger partial charge on any atom is 0.256 e. The lowest BCUT2D eigenvalue weighted by molar-refractivity contribution is 0.0800. The van der Waals surface area contributed by atoms with Crippen LogP contribution in [0.5, 0.6) is 0 Å². The first kappa shape index (κ1) is 20.4. The highest BCUT2D eigenvalue weighted by Crippen LogP contribution is 2.39. The number of benzene rings is 2. The molecule has 0 radical (unpaired) electrons. The highest BCUT2D eigenvalue weighted by atomic mass is 32.1. The zero-order valence-electron chi connectivity index (χ0n) is 18.3. The lowest BCUT2D eigenvalue weighted by Gasteiger charge is -2.17. The molecule has 3 aromatic heterocycles. The summed E-state index contributed by atoms with van der Waals surface area (Å²) >= 11 is 1.66. The molecule has 0 unspecified atom stereocenters. The molecule has 2 aromatic carbocycles. The number of pyridine rings is 1. The van der Waals surface area contributed by atoms with Gasteiger partial charge in [0.1, 0.15) is 5.69 Å². The molecule has 5 aromatic rings. The van der Waals surface area contributed by atoms with Gasteiger partial charge in [0.15, 0.2) is 0 Å². The van der Waals surface area contributed by atoms with Crippen molar-refractivity contribution in [2.45, 2.75) is 6.54 Å². The number of nitrogens with one attached hydrogen (secondary N) is 1.